The first-order chi connectivity index (χ1) is 12.1. The molecule has 25 heavy (non-hydrogen) atoms. The predicted molar refractivity (Wildman–Crippen MR) is 95.6 cm³/mol. The molecule has 4 rings (SSSR count). The van der Waals surface area contributed by atoms with Crippen LogP contribution < -0.4 is 5.76 Å². The van der Waals surface area contributed by atoms with E-state index in [0.717, 1.165) is 32.4 Å². The van der Waals surface area contributed by atoms with Crippen molar-refractivity contribution in [3.63, 3.8) is 0 Å². The topological polar surface area (TPSA) is 58.7 Å². The summed E-state index contributed by atoms with van der Waals surface area (Å²) in [4.78, 5) is 29.9. The molecule has 1 aromatic heterocycles. The van der Waals surface area contributed by atoms with Crippen molar-refractivity contribution in [2.75, 3.05) is 20.1 Å². The Balaban J connectivity index is 1.63. The molecule has 6 heteroatoms. The molecule has 0 N–H and O–H groups in total. The molecule has 134 valence electrons. The maximum Gasteiger partial charge on any atom is 0.420 e. The van der Waals surface area contributed by atoms with Gasteiger partial charge >= 0.3 is 5.76 Å². The predicted octanol–water partition coefficient (Wildman–Crippen LogP) is 2.24. The van der Waals surface area contributed by atoms with E-state index >= 15 is 0 Å². The van der Waals surface area contributed by atoms with Crippen molar-refractivity contribution in [1.29, 1.82) is 0 Å². The molecule has 2 fully saturated rings. The van der Waals surface area contributed by atoms with Crippen LogP contribution in [0.2, 0.25) is 0 Å². The van der Waals surface area contributed by atoms with E-state index in [4.69, 9.17) is 4.42 Å². The zero-order chi connectivity index (χ0) is 17.6. The minimum atomic E-state index is -0.552. The highest BCUT2D eigenvalue weighted by atomic mass is 16.4. The Bertz CT molecular complexity index is 840. The second-order valence-electron chi connectivity index (χ2n) is 7.31. The van der Waals surface area contributed by atoms with Crippen LogP contribution in [0.3, 0.4) is 0 Å². The summed E-state index contributed by atoms with van der Waals surface area (Å²) in [5.41, 5.74) is 1.21. The molecule has 0 bridgehead atoms. The molecule has 6 nitrogen and oxygen atoms in total. The Morgan fingerprint density at radius 3 is 2.64 bits per heavy atom. The number of hydrogen-bond acceptors (Lipinski definition) is 4. The lowest BCUT2D eigenvalue weighted by Crippen LogP contribution is -2.49. The number of fused-ring (bicyclic) bond motifs is 1. The third kappa shape index (κ3) is 2.68. The van der Waals surface area contributed by atoms with Crippen LogP contribution >= 0.6 is 0 Å². The minimum Gasteiger partial charge on any atom is -0.408 e. The van der Waals surface area contributed by atoms with Crippen LogP contribution in [0.1, 0.15) is 38.6 Å². The lowest BCUT2D eigenvalue weighted by Gasteiger charge is -2.34. The average Bonchev–Trinajstić information content (AvgIpc) is 3.30. The van der Waals surface area contributed by atoms with Crippen molar-refractivity contribution >= 4 is 17.0 Å². The number of amides is 1. The molecule has 2 aromatic rings. The molecular formula is C19H25N3O3. The van der Waals surface area contributed by atoms with Crippen LogP contribution in [0.25, 0.3) is 11.1 Å². The third-order valence-electron chi connectivity index (χ3n) is 5.87. The maximum absolute atomic E-state index is 13.2. The number of carbonyl (C=O) groups is 1. The van der Waals surface area contributed by atoms with Gasteiger partial charge in [0.15, 0.2) is 5.58 Å². The van der Waals surface area contributed by atoms with Crippen molar-refractivity contribution in [2.24, 2.45) is 0 Å². The van der Waals surface area contributed by atoms with Crippen LogP contribution in [0.15, 0.2) is 33.5 Å². The van der Waals surface area contributed by atoms with Gasteiger partial charge in [-0.3, -0.25) is 9.36 Å². The molecule has 2 saturated heterocycles. The van der Waals surface area contributed by atoms with Crippen molar-refractivity contribution in [1.82, 2.24) is 14.4 Å². The van der Waals surface area contributed by atoms with E-state index in [1.165, 1.54) is 11.0 Å². The van der Waals surface area contributed by atoms with E-state index in [0.29, 0.717) is 17.1 Å². The Labute approximate surface area is 147 Å². The van der Waals surface area contributed by atoms with Crippen LogP contribution in [0.4, 0.5) is 0 Å². The molecule has 0 spiro atoms. The Morgan fingerprint density at radius 1 is 1.16 bits per heavy atom. The average molecular weight is 343 g/mol. The van der Waals surface area contributed by atoms with Crippen molar-refractivity contribution in [2.45, 2.75) is 50.7 Å². The number of likely N-dealkylation sites (N-methyl/N-ethyl adjacent to an activating group) is 1. The highest BCUT2D eigenvalue weighted by molar-refractivity contribution is 5.83. The van der Waals surface area contributed by atoms with Crippen LogP contribution in [0, 0.1) is 0 Å². The van der Waals surface area contributed by atoms with Crippen molar-refractivity contribution in [3.8, 4) is 0 Å². The van der Waals surface area contributed by atoms with E-state index in [-0.39, 0.29) is 11.9 Å². The number of para-hydroxylation sites is 2. The fourth-order valence-corrected chi connectivity index (χ4v) is 4.59. The van der Waals surface area contributed by atoms with Crippen molar-refractivity contribution in [3.05, 3.63) is 34.8 Å². The third-order valence-corrected chi connectivity index (χ3v) is 5.87. The Hall–Kier alpha value is -2.08. The van der Waals surface area contributed by atoms with Gasteiger partial charge in [-0.05, 0) is 58.3 Å². The maximum atomic E-state index is 13.2. The minimum absolute atomic E-state index is 0.0245. The van der Waals surface area contributed by atoms with Gasteiger partial charge in [0.2, 0.25) is 5.91 Å². The van der Waals surface area contributed by atoms with Gasteiger partial charge in [-0.1, -0.05) is 12.1 Å². The summed E-state index contributed by atoms with van der Waals surface area (Å²) in [6, 6.07) is 7.43. The summed E-state index contributed by atoms with van der Waals surface area (Å²) in [5.74, 6) is -0.438. The quantitative estimate of drug-likeness (QED) is 0.858. The molecule has 0 radical (unpaired) electrons. The fourth-order valence-electron chi connectivity index (χ4n) is 4.59. The lowest BCUT2D eigenvalue weighted by molar-refractivity contribution is -0.136. The summed E-state index contributed by atoms with van der Waals surface area (Å²) in [5, 5.41) is 0. The van der Waals surface area contributed by atoms with Gasteiger partial charge in [-0.2, -0.15) is 0 Å². The first kappa shape index (κ1) is 16.4. The van der Waals surface area contributed by atoms with Crippen molar-refractivity contribution < 1.29 is 9.21 Å². The number of benzene rings is 1. The smallest absolute Gasteiger partial charge is 0.408 e. The van der Waals surface area contributed by atoms with E-state index < -0.39 is 11.8 Å². The monoisotopic (exact) mass is 343 g/mol. The molecule has 3 atom stereocenters. The van der Waals surface area contributed by atoms with Gasteiger partial charge < -0.3 is 14.2 Å². The van der Waals surface area contributed by atoms with Gasteiger partial charge in [0.1, 0.15) is 6.04 Å². The van der Waals surface area contributed by atoms with Gasteiger partial charge in [0.25, 0.3) is 0 Å². The first-order valence-corrected chi connectivity index (χ1v) is 9.18. The fraction of sp³-hybridized carbons (Fsp3) is 0.579. The summed E-state index contributed by atoms with van der Waals surface area (Å²) < 4.78 is 6.80. The van der Waals surface area contributed by atoms with Gasteiger partial charge in [-0.25, -0.2) is 4.79 Å². The lowest BCUT2D eigenvalue weighted by atomic mass is 10.0. The molecule has 1 amide bonds. The van der Waals surface area contributed by atoms with Gasteiger partial charge in [0, 0.05) is 18.6 Å². The summed E-state index contributed by atoms with van der Waals surface area (Å²) in [6.07, 6.45) is 4.43. The molecular weight excluding hydrogens is 318 g/mol. The SMILES string of the molecule is C[C@H](C(=O)N1CCC[C@H]1[C@H]1CCCN1C)n1c(=O)oc2ccccc21. The first-order valence-electron chi connectivity index (χ1n) is 9.18. The van der Waals surface area contributed by atoms with Gasteiger partial charge in [-0.15, -0.1) is 0 Å². The van der Waals surface area contributed by atoms with E-state index in [2.05, 4.69) is 11.9 Å². The molecule has 1 aromatic carbocycles. The number of rotatable bonds is 3. The van der Waals surface area contributed by atoms with E-state index in [9.17, 15) is 9.59 Å². The highest BCUT2D eigenvalue weighted by Gasteiger charge is 2.40. The van der Waals surface area contributed by atoms with Gasteiger partial charge in [0.05, 0.1) is 5.52 Å². The molecule has 0 unspecified atom stereocenters. The number of likely N-dealkylation sites (tertiary alicyclic amines) is 2. The number of aromatic nitrogens is 1. The zero-order valence-electron chi connectivity index (χ0n) is 14.9. The Kier molecular flexibility index (Phi) is 4.15. The summed E-state index contributed by atoms with van der Waals surface area (Å²) in [7, 11) is 2.15. The molecule has 2 aliphatic heterocycles. The van der Waals surface area contributed by atoms with E-state index in [1.807, 2.05) is 23.1 Å². The molecule has 0 aliphatic carbocycles. The number of nitrogens with zero attached hydrogens (tertiary/aromatic N) is 3. The second kappa shape index (κ2) is 6.33. The normalized spacial score (nSPS) is 25.8. The number of hydrogen-bond donors (Lipinski definition) is 0. The summed E-state index contributed by atoms with van der Waals surface area (Å²) >= 11 is 0. The molecule has 2 aliphatic rings. The summed E-state index contributed by atoms with van der Waals surface area (Å²) in [6.45, 7) is 3.69. The number of carbonyl (C=O) groups excluding carboxylic acids is 1. The van der Waals surface area contributed by atoms with Crippen LogP contribution in [-0.2, 0) is 4.79 Å². The zero-order valence-corrected chi connectivity index (χ0v) is 14.9. The Morgan fingerprint density at radius 2 is 1.88 bits per heavy atom. The molecule has 0 saturated carbocycles. The van der Waals surface area contributed by atoms with E-state index in [1.54, 1.807) is 13.0 Å². The molecule has 3 heterocycles. The standard InChI is InChI=1S/C19H25N3O3/c1-13(22-16-7-3-4-10-17(16)25-19(22)24)18(23)21-12-6-9-15(21)14-8-5-11-20(14)2/h3-4,7,10,13-15H,5-6,8-9,11-12H2,1-2H3/t13-,14-,15+/m1/s1. The van der Waals surface area contributed by atoms with Crippen LogP contribution in [-0.4, -0.2) is 52.5 Å². The largest absolute Gasteiger partial charge is 0.420 e. The number of oxazole rings is 1. The highest BCUT2D eigenvalue weighted by Crippen LogP contribution is 2.31. The second-order valence-corrected chi connectivity index (χ2v) is 7.31. The van der Waals surface area contributed by atoms with Crippen LogP contribution in [0.5, 0.6) is 0 Å².